The molecule has 0 saturated carbocycles. The highest BCUT2D eigenvalue weighted by molar-refractivity contribution is 9.09. The molecule has 0 radical (unpaired) electrons. The first kappa shape index (κ1) is 11.2. The fourth-order valence-electron chi connectivity index (χ4n) is 0.856. The summed E-state index contributed by atoms with van der Waals surface area (Å²) in [5.41, 5.74) is 0. The fraction of sp³-hybridized carbons (Fsp3) is 0.571. The van der Waals surface area contributed by atoms with Crippen molar-refractivity contribution in [3.8, 4) is 0 Å². The van der Waals surface area contributed by atoms with Crippen LogP contribution in [0.25, 0.3) is 0 Å². The van der Waals surface area contributed by atoms with Crippen molar-refractivity contribution in [1.29, 1.82) is 0 Å². The van der Waals surface area contributed by atoms with E-state index in [0.717, 1.165) is 18.4 Å². The van der Waals surface area contributed by atoms with E-state index in [4.69, 9.17) is 0 Å². The average Bonchev–Trinajstić information content (AvgIpc) is 2.37. The largest absolute Gasteiger partial charge is 1.00 e. The first-order valence-electron chi connectivity index (χ1n) is 3.47. The first-order chi connectivity index (χ1) is 4.86. The summed E-state index contributed by atoms with van der Waals surface area (Å²) in [4.78, 5) is 0. The Morgan fingerprint density at radius 2 is 2.27 bits per heavy atom. The molecule has 0 fully saturated rings. The van der Waals surface area contributed by atoms with Gasteiger partial charge in [-0.2, -0.15) is 0 Å². The lowest BCUT2D eigenvalue weighted by atomic mass is 10.7. The normalized spacial score (nSPS) is 9.27. The van der Waals surface area contributed by atoms with E-state index in [0.29, 0.717) is 0 Å². The van der Waals surface area contributed by atoms with Gasteiger partial charge in [-0.25, -0.2) is 9.13 Å². The molecule has 64 valence electrons. The summed E-state index contributed by atoms with van der Waals surface area (Å²) in [6.45, 7) is 4.24. The van der Waals surface area contributed by atoms with Crippen LogP contribution in [-0.2, 0) is 13.1 Å². The van der Waals surface area contributed by atoms with Crippen LogP contribution in [0.3, 0.4) is 0 Å². The van der Waals surface area contributed by atoms with Crippen LogP contribution in [0.5, 0.6) is 0 Å². The van der Waals surface area contributed by atoms with E-state index >= 15 is 0 Å². The number of nitrogens with zero attached hydrogens (tertiary/aromatic N) is 2. The van der Waals surface area contributed by atoms with E-state index in [1.54, 1.807) is 0 Å². The summed E-state index contributed by atoms with van der Waals surface area (Å²) in [5.74, 6) is 0. The molecule has 0 aromatic carbocycles. The zero-order valence-corrected chi connectivity index (χ0v) is 9.68. The summed E-state index contributed by atoms with van der Waals surface area (Å²) in [6, 6.07) is 0. The Morgan fingerprint density at radius 1 is 1.55 bits per heavy atom. The molecule has 0 aliphatic rings. The van der Waals surface area contributed by atoms with Crippen molar-refractivity contribution >= 4 is 15.9 Å². The lowest BCUT2D eigenvalue weighted by Crippen LogP contribution is -3.00. The highest BCUT2D eigenvalue weighted by Gasteiger charge is 1.98. The molecule has 1 aromatic heterocycles. The highest BCUT2D eigenvalue weighted by Crippen LogP contribution is 1.84. The van der Waals surface area contributed by atoms with Gasteiger partial charge in [-0.1, -0.05) is 15.9 Å². The number of hydrogen-bond donors (Lipinski definition) is 0. The zero-order chi connectivity index (χ0) is 7.40. The van der Waals surface area contributed by atoms with Crippen molar-refractivity contribution in [2.24, 2.45) is 0 Å². The lowest BCUT2D eigenvalue weighted by molar-refractivity contribution is -0.691. The van der Waals surface area contributed by atoms with Gasteiger partial charge in [-0.15, -0.1) is 0 Å². The van der Waals surface area contributed by atoms with E-state index in [2.05, 4.69) is 50.7 Å². The van der Waals surface area contributed by atoms with E-state index in [9.17, 15) is 0 Å². The maximum absolute atomic E-state index is 3.39. The smallest absolute Gasteiger partial charge is 0.243 e. The second-order valence-electron chi connectivity index (χ2n) is 2.17. The minimum Gasteiger partial charge on any atom is -1.00 e. The lowest BCUT2D eigenvalue weighted by Gasteiger charge is -1.87. The predicted octanol–water partition coefficient (Wildman–Crippen LogP) is -1.81. The Kier molecular flexibility index (Phi) is 5.86. The molecule has 0 bridgehead atoms. The monoisotopic (exact) mass is 282 g/mol. The highest BCUT2D eigenvalue weighted by atomic mass is 79.9. The average molecular weight is 284 g/mol. The first-order valence-corrected chi connectivity index (χ1v) is 4.59. The number of aromatic nitrogens is 2. The quantitative estimate of drug-likeness (QED) is 0.457. The molecule has 2 nitrogen and oxygen atoms in total. The molecule has 0 aliphatic carbocycles. The van der Waals surface area contributed by atoms with Crippen LogP contribution in [0.15, 0.2) is 18.7 Å². The van der Waals surface area contributed by atoms with Crippen LogP contribution < -0.4 is 21.5 Å². The number of aryl methyl sites for hydroxylation is 2. The van der Waals surface area contributed by atoms with Gasteiger partial charge in [-0.3, -0.25) is 0 Å². The maximum atomic E-state index is 3.39. The summed E-state index contributed by atoms with van der Waals surface area (Å²) in [6.07, 6.45) is 6.29. The molecule has 0 saturated heterocycles. The Hall–Kier alpha value is 0.170. The number of alkyl halides is 1. The number of hydrogen-bond acceptors (Lipinski definition) is 0. The molecule has 1 heterocycles. The number of halogens is 2. The van der Waals surface area contributed by atoms with E-state index < -0.39 is 0 Å². The fourth-order valence-corrected chi connectivity index (χ4v) is 1.27. The third-order valence-corrected chi connectivity index (χ3v) is 1.81. The Morgan fingerprint density at radius 3 is 2.73 bits per heavy atom. The third kappa shape index (κ3) is 3.38. The molecule has 11 heavy (non-hydrogen) atoms. The van der Waals surface area contributed by atoms with Crippen molar-refractivity contribution in [3.05, 3.63) is 18.7 Å². The van der Waals surface area contributed by atoms with Crippen LogP contribution in [0, 0.1) is 0 Å². The van der Waals surface area contributed by atoms with Gasteiger partial charge in [0.2, 0.25) is 6.33 Å². The van der Waals surface area contributed by atoms with Gasteiger partial charge in [0, 0.05) is 5.33 Å². The maximum Gasteiger partial charge on any atom is 0.243 e. The van der Waals surface area contributed by atoms with Crippen LogP contribution in [-0.4, -0.2) is 9.90 Å². The third-order valence-electron chi connectivity index (χ3n) is 1.45. The topological polar surface area (TPSA) is 8.81 Å². The van der Waals surface area contributed by atoms with E-state index in [1.807, 2.05) is 0 Å². The summed E-state index contributed by atoms with van der Waals surface area (Å²) in [5, 5.41) is 1.02. The second kappa shape index (κ2) is 5.77. The van der Waals surface area contributed by atoms with Gasteiger partial charge in [0.25, 0.3) is 0 Å². The van der Waals surface area contributed by atoms with Crippen molar-refractivity contribution in [1.82, 2.24) is 4.57 Å². The van der Waals surface area contributed by atoms with Crippen molar-refractivity contribution in [2.75, 3.05) is 5.33 Å². The molecule has 4 heteroatoms. The van der Waals surface area contributed by atoms with Gasteiger partial charge >= 0.3 is 0 Å². The molecular formula is C7H12Br2N2. The van der Waals surface area contributed by atoms with Crippen LogP contribution in [0.4, 0.5) is 0 Å². The van der Waals surface area contributed by atoms with Gasteiger partial charge < -0.3 is 17.0 Å². The van der Waals surface area contributed by atoms with Crippen LogP contribution in [0.2, 0.25) is 0 Å². The minimum absolute atomic E-state index is 0. The predicted molar refractivity (Wildman–Crippen MR) is 44.1 cm³/mol. The molecular weight excluding hydrogens is 272 g/mol. The number of imidazole rings is 1. The molecule has 0 N–H and O–H groups in total. The summed E-state index contributed by atoms with van der Waals surface area (Å²) >= 11 is 3.39. The molecule has 1 rings (SSSR count). The zero-order valence-electron chi connectivity index (χ0n) is 6.50. The van der Waals surface area contributed by atoms with Crippen molar-refractivity contribution < 1.29 is 21.5 Å². The van der Waals surface area contributed by atoms with Crippen LogP contribution >= 0.6 is 15.9 Å². The summed E-state index contributed by atoms with van der Waals surface area (Å²) in [7, 11) is 0. The number of rotatable bonds is 3. The van der Waals surface area contributed by atoms with Gasteiger partial charge in [0.05, 0.1) is 13.1 Å². The van der Waals surface area contributed by atoms with Gasteiger partial charge in [-0.05, 0) is 6.92 Å². The Labute approximate surface area is 86.1 Å². The van der Waals surface area contributed by atoms with Crippen molar-refractivity contribution in [2.45, 2.75) is 20.0 Å². The Bertz CT molecular complexity index is 198. The molecule has 0 spiro atoms. The SMILES string of the molecule is CCn1cc[n+](CCBr)c1.[Br-]. The van der Waals surface area contributed by atoms with E-state index in [1.165, 1.54) is 0 Å². The molecule has 0 amide bonds. The van der Waals surface area contributed by atoms with Crippen LogP contribution in [0.1, 0.15) is 6.92 Å². The van der Waals surface area contributed by atoms with Crippen molar-refractivity contribution in [3.63, 3.8) is 0 Å². The minimum atomic E-state index is 0. The molecule has 0 unspecified atom stereocenters. The van der Waals surface area contributed by atoms with Gasteiger partial charge in [0.1, 0.15) is 12.4 Å². The summed E-state index contributed by atoms with van der Waals surface area (Å²) < 4.78 is 4.32. The Balaban J connectivity index is 0.000001000. The standard InChI is InChI=1S/C7H12BrN2.BrH/c1-2-9-5-6-10(7-9)4-3-8;/h5-7H,2-4H2,1H3;1H/q+1;/p-1. The second-order valence-corrected chi connectivity index (χ2v) is 2.96. The van der Waals surface area contributed by atoms with E-state index in [-0.39, 0.29) is 17.0 Å². The molecule has 0 aliphatic heterocycles. The van der Waals surface area contributed by atoms with Gasteiger partial charge in [0.15, 0.2) is 0 Å². The molecule has 0 atom stereocenters. The molecule has 1 aromatic rings.